The van der Waals surface area contributed by atoms with E-state index in [9.17, 15) is 9.59 Å². The Kier molecular flexibility index (Phi) is 7.15. The summed E-state index contributed by atoms with van der Waals surface area (Å²) in [7, 11) is 0. The first-order chi connectivity index (χ1) is 13.5. The molecule has 5 heteroatoms. The molecule has 0 aliphatic heterocycles. The number of anilines is 1. The molecule has 1 unspecified atom stereocenters. The van der Waals surface area contributed by atoms with Crippen molar-refractivity contribution in [2.45, 2.75) is 61.6 Å². The van der Waals surface area contributed by atoms with Gasteiger partial charge >= 0.3 is 0 Å². The fraction of sp³-hybridized carbons (Fsp3) is 0.391. The third-order valence-corrected chi connectivity index (χ3v) is 6.31. The van der Waals surface area contributed by atoms with Gasteiger partial charge < -0.3 is 10.6 Å². The van der Waals surface area contributed by atoms with Gasteiger partial charge in [-0.3, -0.25) is 9.59 Å². The van der Waals surface area contributed by atoms with Crippen molar-refractivity contribution in [1.82, 2.24) is 5.32 Å². The molecule has 0 spiro atoms. The number of carbonyl (C=O) groups is 2. The van der Waals surface area contributed by atoms with Crippen LogP contribution in [0.15, 0.2) is 59.5 Å². The lowest BCUT2D eigenvalue weighted by molar-refractivity contribution is -0.121. The van der Waals surface area contributed by atoms with Crippen molar-refractivity contribution < 1.29 is 9.59 Å². The van der Waals surface area contributed by atoms with Crippen molar-refractivity contribution in [1.29, 1.82) is 0 Å². The van der Waals surface area contributed by atoms with Crippen LogP contribution in [-0.4, -0.2) is 23.1 Å². The molecule has 1 atom stereocenters. The highest BCUT2D eigenvalue weighted by Gasteiger charge is 2.25. The number of carbonyl (C=O) groups excluding carboxylic acids is 2. The van der Waals surface area contributed by atoms with E-state index in [0.29, 0.717) is 5.92 Å². The van der Waals surface area contributed by atoms with Crippen LogP contribution in [-0.2, 0) is 9.59 Å². The number of rotatable bonds is 6. The Morgan fingerprint density at radius 3 is 2.21 bits per heavy atom. The van der Waals surface area contributed by atoms with Crippen LogP contribution in [0.2, 0.25) is 0 Å². The van der Waals surface area contributed by atoms with Crippen LogP contribution in [0.1, 0.15) is 51.0 Å². The molecule has 1 aliphatic carbocycles. The molecule has 1 fully saturated rings. The van der Waals surface area contributed by atoms with Crippen molar-refractivity contribution in [3.63, 3.8) is 0 Å². The lowest BCUT2D eigenvalue weighted by atomic mass is 9.82. The molecule has 2 aromatic rings. The molecule has 1 saturated carbocycles. The summed E-state index contributed by atoms with van der Waals surface area (Å²) < 4.78 is 0. The van der Waals surface area contributed by atoms with E-state index in [0.717, 1.165) is 36.3 Å². The second kappa shape index (κ2) is 9.78. The zero-order valence-electron chi connectivity index (χ0n) is 16.5. The van der Waals surface area contributed by atoms with Crippen LogP contribution in [0.5, 0.6) is 0 Å². The molecule has 0 saturated heterocycles. The van der Waals surface area contributed by atoms with Gasteiger partial charge in [0.25, 0.3) is 0 Å². The van der Waals surface area contributed by atoms with Gasteiger partial charge in [-0.1, -0.05) is 30.3 Å². The van der Waals surface area contributed by atoms with E-state index in [1.165, 1.54) is 12.5 Å². The average molecular weight is 397 g/mol. The van der Waals surface area contributed by atoms with Gasteiger partial charge in [0, 0.05) is 23.5 Å². The summed E-state index contributed by atoms with van der Waals surface area (Å²) in [5, 5.41) is 5.83. The summed E-state index contributed by atoms with van der Waals surface area (Å²) >= 11 is 1.54. The molecule has 0 bridgehead atoms. The van der Waals surface area contributed by atoms with Gasteiger partial charge in [0.2, 0.25) is 11.8 Å². The van der Waals surface area contributed by atoms with Crippen LogP contribution < -0.4 is 10.6 Å². The third-order valence-electron chi connectivity index (χ3n) is 5.20. The van der Waals surface area contributed by atoms with Gasteiger partial charge in [-0.2, -0.15) is 0 Å². The minimum atomic E-state index is -0.154. The standard InChI is InChI=1S/C23H28N2O2S/c1-16(28-22-14-12-20(13-15-22)24-17(2)26)23(27)25-21-10-8-19(9-11-21)18-6-4-3-5-7-18/h3-7,12-16,19,21H,8-11H2,1-2H3,(H,24,26)(H,25,27). The van der Waals surface area contributed by atoms with Crippen molar-refractivity contribution in [2.75, 3.05) is 5.32 Å². The average Bonchev–Trinajstić information content (AvgIpc) is 2.70. The summed E-state index contributed by atoms with van der Waals surface area (Å²) in [6, 6.07) is 18.5. The lowest BCUT2D eigenvalue weighted by Crippen LogP contribution is -2.41. The molecule has 148 valence electrons. The van der Waals surface area contributed by atoms with E-state index >= 15 is 0 Å². The Morgan fingerprint density at radius 1 is 0.964 bits per heavy atom. The van der Waals surface area contributed by atoms with E-state index in [-0.39, 0.29) is 23.1 Å². The van der Waals surface area contributed by atoms with E-state index in [2.05, 4.69) is 41.0 Å². The van der Waals surface area contributed by atoms with Gasteiger partial charge in [-0.25, -0.2) is 0 Å². The topological polar surface area (TPSA) is 58.2 Å². The van der Waals surface area contributed by atoms with Crippen LogP contribution in [0.4, 0.5) is 5.69 Å². The molecule has 2 aromatic carbocycles. The lowest BCUT2D eigenvalue weighted by Gasteiger charge is -2.30. The minimum Gasteiger partial charge on any atom is -0.352 e. The fourth-order valence-electron chi connectivity index (χ4n) is 3.69. The first-order valence-corrected chi connectivity index (χ1v) is 10.8. The maximum absolute atomic E-state index is 12.6. The van der Waals surface area contributed by atoms with Crippen LogP contribution >= 0.6 is 11.8 Å². The predicted octanol–water partition coefficient (Wildman–Crippen LogP) is 4.97. The summed E-state index contributed by atoms with van der Waals surface area (Å²) in [6.07, 6.45) is 4.32. The van der Waals surface area contributed by atoms with Crippen LogP contribution in [0.25, 0.3) is 0 Å². The molecule has 3 rings (SSSR count). The van der Waals surface area contributed by atoms with Gasteiger partial charge in [-0.15, -0.1) is 11.8 Å². The summed E-state index contributed by atoms with van der Waals surface area (Å²) in [5.41, 5.74) is 2.18. The molecule has 4 nitrogen and oxygen atoms in total. The number of hydrogen-bond acceptors (Lipinski definition) is 3. The predicted molar refractivity (Wildman–Crippen MR) is 116 cm³/mol. The molecule has 0 aromatic heterocycles. The normalized spacial score (nSPS) is 20.2. The zero-order chi connectivity index (χ0) is 19.9. The van der Waals surface area contributed by atoms with Gasteiger partial charge in [0.05, 0.1) is 5.25 Å². The Labute approximate surface area is 171 Å². The first-order valence-electron chi connectivity index (χ1n) is 9.91. The van der Waals surface area contributed by atoms with Crippen molar-refractivity contribution in [2.24, 2.45) is 0 Å². The van der Waals surface area contributed by atoms with Crippen molar-refractivity contribution in [3.05, 3.63) is 60.2 Å². The molecule has 0 radical (unpaired) electrons. The minimum absolute atomic E-state index is 0.0878. The third kappa shape index (κ3) is 5.86. The van der Waals surface area contributed by atoms with E-state index < -0.39 is 0 Å². The van der Waals surface area contributed by atoms with Gasteiger partial charge in [0.1, 0.15) is 0 Å². The molecule has 2 amide bonds. The van der Waals surface area contributed by atoms with Crippen LogP contribution in [0, 0.1) is 0 Å². The van der Waals surface area contributed by atoms with Crippen molar-refractivity contribution in [3.8, 4) is 0 Å². The Balaban J connectivity index is 1.45. The molecule has 0 heterocycles. The SMILES string of the molecule is CC(=O)Nc1ccc(SC(C)C(=O)NC2CCC(c3ccccc3)CC2)cc1. The Hall–Kier alpha value is -2.27. The Bertz CT molecular complexity index is 784. The highest BCUT2D eigenvalue weighted by Crippen LogP contribution is 2.33. The summed E-state index contributed by atoms with van der Waals surface area (Å²) in [6.45, 7) is 3.43. The fourth-order valence-corrected chi connectivity index (χ4v) is 4.57. The monoisotopic (exact) mass is 396 g/mol. The smallest absolute Gasteiger partial charge is 0.233 e. The second-order valence-corrected chi connectivity index (χ2v) is 8.85. The number of thioether (sulfide) groups is 1. The summed E-state index contributed by atoms with van der Waals surface area (Å²) in [4.78, 5) is 24.7. The molecular weight excluding hydrogens is 368 g/mol. The zero-order valence-corrected chi connectivity index (χ0v) is 17.3. The molecular formula is C23H28N2O2S. The largest absolute Gasteiger partial charge is 0.352 e. The molecule has 1 aliphatic rings. The maximum Gasteiger partial charge on any atom is 0.233 e. The van der Waals surface area contributed by atoms with Crippen molar-refractivity contribution >= 4 is 29.3 Å². The molecule has 28 heavy (non-hydrogen) atoms. The maximum atomic E-state index is 12.6. The quantitative estimate of drug-likeness (QED) is 0.678. The highest BCUT2D eigenvalue weighted by molar-refractivity contribution is 8.00. The van der Waals surface area contributed by atoms with E-state index in [1.807, 2.05) is 31.2 Å². The number of nitrogens with one attached hydrogen (secondary N) is 2. The van der Waals surface area contributed by atoms with Gasteiger partial charge in [-0.05, 0) is 68.4 Å². The number of benzene rings is 2. The van der Waals surface area contributed by atoms with Gasteiger partial charge in [0.15, 0.2) is 0 Å². The van der Waals surface area contributed by atoms with E-state index in [4.69, 9.17) is 0 Å². The number of amides is 2. The van der Waals surface area contributed by atoms with E-state index in [1.54, 1.807) is 11.8 Å². The molecule has 2 N–H and O–H groups in total. The first kappa shape index (κ1) is 20.5. The van der Waals surface area contributed by atoms with Crippen LogP contribution in [0.3, 0.4) is 0 Å². The summed E-state index contributed by atoms with van der Waals surface area (Å²) in [5.74, 6) is 0.623. The Morgan fingerprint density at radius 2 is 1.61 bits per heavy atom. The second-order valence-electron chi connectivity index (χ2n) is 7.43. The number of hydrogen-bond donors (Lipinski definition) is 2. The highest BCUT2D eigenvalue weighted by atomic mass is 32.2.